The van der Waals surface area contributed by atoms with Crippen LogP contribution < -0.4 is 10.1 Å². The van der Waals surface area contributed by atoms with Gasteiger partial charge in [0.25, 0.3) is 5.88 Å². The van der Waals surface area contributed by atoms with E-state index < -0.39 is 11.6 Å². The highest BCUT2D eigenvalue weighted by Crippen LogP contribution is 2.27. The molecule has 2 aromatic rings. The van der Waals surface area contributed by atoms with E-state index in [4.69, 9.17) is 4.74 Å². The first kappa shape index (κ1) is 14.4. The molecule has 0 bridgehead atoms. The molecule has 1 N–H and O–H groups in total. The summed E-state index contributed by atoms with van der Waals surface area (Å²) in [5, 5.41) is 3.02. The first-order valence-corrected chi connectivity index (χ1v) is 6.40. The SMILES string of the molecule is CCNCc1ccnc(Oc2cccc(C)c2F)c1F. The Hall–Kier alpha value is -2.01. The van der Waals surface area contributed by atoms with Crippen molar-refractivity contribution in [2.45, 2.75) is 20.4 Å². The smallest absolute Gasteiger partial charge is 0.256 e. The number of rotatable bonds is 5. The number of pyridine rings is 1. The summed E-state index contributed by atoms with van der Waals surface area (Å²) in [6, 6.07) is 6.28. The molecule has 0 spiro atoms. The van der Waals surface area contributed by atoms with Gasteiger partial charge in [-0.1, -0.05) is 19.1 Å². The van der Waals surface area contributed by atoms with Gasteiger partial charge in [0.2, 0.25) is 0 Å². The predicted octanol–water partition coefficient (Wildman–Crippen LogP) is 3.57. The molecule has 0 saturated heterocycles. The van der Waals surface area contributed by atoms with E-state index in [2.05, 4.69) is 10.3 Å². The van der Waals surface area contributed by atoms with Gasteiger partial charge in [-0.3, -0.25) is 0 Å². The number of hydrogen-bond acceptors (Lipinski definition) is 3. The van der Waals surface area contributed by atoms with Crippen LogP contribution in [0.4, 0.5) is 8.78 Å². The summed E-state index contributed by atoms with van der Waals surface area (Å²) < 4.78 is 33.3. The Morgan fingerprint density at radius 3 is 2.75 bits per heavy atom. The van der Waals surface area contributed by atoms with E-state index in [-0.39, 0.29) is 11.6 Å². The highest BCUT2D eigenvalue weighted by atomic mass is 19.1. The van der Waals surface area contributed by atoms with Gasteiger partial charge in [-0.25, -0.2) is 13.8 Å². The fraction of sp³-hybridized carbons (Fsp3) is 0.267. The number of benzene rings is 1. The summed E-state index contributed by atoms with van der Waals surface area (Å²) in [6.45, 7) is 4.65. The third kappa shape index (κ3) is 3.11. The summed E-state index contributed by atoms with van der Waals surface area (Å²) in [6.07, 6.45) is 1.44. The van der Waals surface area contributed by atoms with Crippen molar-refractivity contribution in [1.29, 1.82) is 0 Å². The number of aromatic nitrogens is 1. The third-order valence-electron chi connectivity index (χ3n) is 2.87. The average Bonchev–Trinajstić information content (AvgIpc) is 2.44. The van der Waals surface area contributed by atoms with Gasteiger partial charge in [-0.15, -0.1) is 0 Å². The van der Waals surface area contributed by atoms with Crippen molar-refractivity contribution in [3.05, 3.63) is 53.2 Å². The molecule has 1 heterocycles. The quantitative estimate of drug-likeness (QED) is 0.908. The van der Waals surface area contributed by atoms with Gasteiger partial charge >= 0.3 is 0 Å². The lowest BCUT2D eigenvalue weighted by molar-refractivity contribution is 0.393. The Morgan fingerprint density at radius 2 is 2.00 bits per heavy atom. The van der Waals surface area contributed by atoms with Gasteiger partial charge in [-0.05, 0) is 31.2 Å². The number of hydrogen-bond donors (Lipinski definition) is 1. The molecule has 0 aliphatic rings. The second kappa shape index (κ2) is 6.43. The standard InChI is InChI=1S/C15H16F2N2O/c1-3-18-9-11-7-8-19-15(14(11)17)20-12-6-4-5-10(2)13(12)16/h4-8,18H,3,9H2,1-2H3. The van der Waals surface area contributed by atoms with Crippen LogP contribution in [0, 0.1) is 18.6 Å². The summed E-state index contributed by atoms with van der Waals surface area (Å²) in [4.78, 5) is 3.82. The maximum Gasteiger partial charge on any atom is 0.256 e. The van der Waals surface area contributed by atoms with Crippen LogP contribution in [-0.2, 0) is 6.54 Å². The predicted molar refractivity (Wildman–Crippen MR) is 72.8 cm³/mol. The third-order valence-corrected chi connectivity index (χ3v) is 2.87. The maximum atomic E-state index is 14.2. The average molecular weight is 278 g/mol. The maximum absolute atomic E-state index is 14.2. The highest BCUT2D eigenvalue weighted by molar-refractivity contribution is 5.34. The van der Waals surface area contributed by atoms with Crippen LogP contribution in [0.2, 0.25) is 0 Å². The molecule has 0 aliphatic carbocycles. The van der Waals surface area contributed by atoms with Crippen molar-refractivity contribution in [1.82, 2.24) is 10.3 Å². The van der Waals surface area contributed by atoms with Crippen molar-refractivity contribution in [2.24, 2.45) is 0 Å². The van der Waals surface area contributed by atoms with E-state index in [0.29, 0.717) is 17.7 Å². The Morgan fingerprint density at radius 1 is 1.20 bits per heavy atom. The number of aryl methyl sites for hydroxylation is 1. The molecular weight excluding hydrogens is 262 g/mol. The molecule has 0 atom stereocenters. The zero-order valence-corrected chi connectivity index (χ0v) is 11.4. The van der Waals surface area contributed by atoms with Crippen LogP contribution in [0.5, 0.6) is 11.6 Å². The minimum Gasteiger partial charge on any atom is -0.433 e. The first-order chi connectivity index (χ1) is 9.63. The van der Waals surface area contributed by atoms with Crippen LogP contribution in [0.15, 0.2) is 30.5 Å². The molecule has 1 aromatic carbocycles. The van der Waals surface area contributed by atoms with Crippen molar-refractivity contribution < 1.29 is 13.5 Å². The van der Waals surface area contributed by atoms with E-state index in [1.54, 1.807) is 25.1 Å². The molecule has 106 valence electrons. The molecule has 0 amide bonds. The van der Waals surface area contributed by atoms with Crippen LogP contribution in [0.3, 0.4) is 0 Å². The van der Waals surface area contributed by atoms with Crippen LogP contribution in [-0.4, -0.2) is 11.5 Å². The molecule has 0 radical (unpaired) electrons. The second-order valence-electron chi connectivity index (χ2n) is 4.36. The zero-order valence-electron chi connectivity index (χ0n) is 11.4. The van der Waals surface area contributed by atoms with Crippen LogP contribution in [0.1, 0.15) is 18.1 Å². The Balaban J connectivity index is 2.27. The second-order valence-corrected chi connectivity index (χ2v) is 4.36. The summed E-state index contributed by atoms with van der Waals surface area (Å²) in [5.41, 5.74) is 0.872. The normalized spacial score (nSPS) is 10.6. The summed E-state index contributed by atoms with van der Waals surface area (Å²) in [5.74, 6) is -1.33. The summed E-state index contributed by atoms with van der Waals surface area (Å²) >= 11 is 0. The van der Waals surface area contributed by atoms with Crippen LogP contribution >= 0.6 is 0 Å². The molecule has 20 heavy (non-hydrogen) atoms. The Bertz CT molecular complexity index is 602. The van der Waals surface area contributed by atoms with E-state index >= 15 is 0 Å². The number of halogens is 2. The topological polar surface area (TPSA) is 34.2 Å². The Kier molecular flexibility index (Phi) is 4.63. The van der Waals surface area contributed by atoms with Gasteiger partial charge < -0.3 is 10.1 Å². The highest BCUT2D eigenvalue weighted by Gasteiger charge is 2.14. The molecule has 1 aromatic heterocycles. The monoisotopic (exact) mass is 278 g/mol. The molecular formula is C15H16F2N2O. The van der Waals surface area contributed by atoms with Gasteiger partial charge in [-0.2, -0.15) is 0 Å². The molecule has 0 aliphatic heterocycles. The molecule has 0 saturated carbocycles. The van der Waals surface area contributed by atoms with Gasteiger partial charge in [0, 0.05) is 18.3 Å². The molecule has 0 fully saturated rings. The van der Waals surface area contributed by atoms with Gasteiger partial charge in [0.1, 0.15) is 0 Å². The number of nitrogens with zero attached hydrogens (tertiary/aromatic N) is 1. The molecule has 0 unspecified atom stereocenters. The van der Waals surface area contributed by atoms with Crippen molar-refractivity contribution in [3.63, 3.8) is 0 Å². The minimum absolute atomic E-state index is 0.0306. The fourth-order valence-corrected chi connectivity index (χ4v) is 1.73. The first-order valence-electron chi connectivity index (χ1n) is 6.40. The van der Waals surface area contributed by atoms with Crippen molar-refractivity contribution in [3.8, 4) is 11.6 Å². The van der Waals surface area contributed by atoms with E-state index in [1.807, 2.05) is 6.92 Å². The lowest BCUT2D eigenvalue weighted by atomic mass is 10.2. The van der Waals surface area contributed by atoms with E-state index in [1.165, 1.54) is 12.3 Å². The lowest BCUT2D eigenvalue weighted by Gasteiger charge is -2.10. The van der Waals surface area contributed by atoms with Crippen molar-refractivity contribution >= 4 is 0 Å². The molecule has 3 nitrogen and oxygen atoms in total. The van der Waals surface area contributed by atoms with E-state index in [9.17, 15) is 8.78 Å². The largest absolute Gasteiger partial charge is 0.433 e. The summed E-state index contributed by atoms with van der Waals surface area (Å²) in [7, 11) is 0. The zero-order chi connectivity index (χ0) is 14.5. The molecule has 2 rings (SSSR count). The number of nitrogens with one attached hydrogen (secondary N) is 1. The van der Waals surface area contributed by atoms with Crippen LogP contribution in [0.25, 0.3) is 0 Å². The lowest BCUT2D eigenvalue weighted by Crippen LogP contribution is -2.13. The molecule has 5 heteroatoms. The van der Waals surface area contributed by atoms with Gasteiger partial charge in [0.05, 0.1) is 0 Å². The number of ether oxygens (including phenoxy) is 1. The van der Waals surface area contributed by atoms with Gasteiger partial charge in [0.15, 0.2) is 17.4 Å². The minimum atomic E-state index is -0.575. The Labute approximate surface area is 116 Å². The van der Waals surface area contributed by atoms with E-state index in [0.717, 1.165) is 6.54 Å². The van der Waals surface area contributed by atoms with Crippen molar-refractivity contribution in [2.75, 3.05) is 6.54 Å². The fourth-order valence-electron chi connectivity index (χ4n) is 1.73.